The van der Waals surface area contributed by atoms with E-state index in [2.05, 4.69) is 24.3 Å². The van der Waals surface area contributed by atoms with Crippen LogP contribution in [0, 0.1) is 18.8 Å². The Morgan fingerprint density at radius 3 is 2.16 bits per heavy atom. The van der Waals surface area contributed by atoms with Crippen LogP contribution in [0.1, 0.15) is 18.4 Å². The zero-order valence-electron chi connectivity index (χ0n) is 14.1. The molecule has 2 nitrogen and oxygen atoms in total. The molecule has 25 heavy (non-hydrogen) atoms. The minimum atomic E-state index is -3.43. The molecule has 2 bridgehead atoms. The van der Waals surface area contributed by atoms with E-state index in [1.54, 1.807) is 12.1 Å². The van der Waals surface area contributed by atoms with E-state index in [4.69, 9.17) is 0 Å². The maximum absolute atomic E-state index is 13.4. The van der Waals surface area contributed by atoms with Gasteiger partial charge < -0.3 is 0 Å². The van der Waals surface area contributed by atoms with E-state index < -0.39 is 9.84 Å². The Morgan fingerprint density at radius 2 is 1.52 bits per heavy atom. The quantitative estimate of drug-likeness (QED) is 0.565. The molecule has 0 saturated heterocycles. The molecule has 0 radical (unpaired) electrons. The van der Waals surface area contributed by atoms with Crippen molar-refractivity contribution in [3.63, 3.8) is 0 Å². The molecule has 0 aromatic heterocycles. The number of aryl methyl sites for hydroxylation is 1. The van der Waals surface area contributed by atoms with Crippen molar-refractivity contribution in [3.8, 4) is 0 Å². The molecule has 3 aliphatic carbocycles. The number of fused-ring (bicyclic) bond motifs is 1. The first kappa shape index (κ1) is 16.8. The molecular weight excluding hydrogens is 395 g/mol. The van der Waals surface area contributed by atoms with Crippen LogP contribution >= 0.6 is 0 Å². The van der Waals surface area contributed by atoms with Crippen molar-refractivity contribution in [3.05, 3.63) is 81.7 Å². The Morgan fingerprint density at radius 1 is 0.880 bits per heavy atom. The SMILES string of the molecule is Cc1ccc(S(=O)(=O)C2=C([Se]c3ccccc3)[C@@H]3C=C[C@H]2CC3)cc1. The van der Waals surface area contributed by atoms with Gasteiger partial charge in [0.15, 0.2) is 0 Å². The summed E-state index contributed by atoms with van der Waals surface area (Å²) in [6, 6.07) is 17.5. The summed E-state index contributed by atoms with van der Waals surface area (Å²) in [6.45, 7) is 1.98. The number of hydrogen-bond acceptors (Lipinski definition) is 2. The van der Waals surface area contributed by atoms with Crippen molar-refractivity contribution >= 4 is 29.3 Å². The Kier molecular flexibility index (Phi) is 4.45. The van der Waals surface area contributed by atoms with Gasteiger partial charge in [0.1, 0.15) is 0 Å². The van der Waals surface area contributed by atoms with Gasteiger partial charge in [-0.15, -0.1) is 0 Å². The van der Waals surface area contributed by atoms with Crippen LogP contribution in [0.2, 0.25) is 0 Å². The Balaban J connectivity index is 1.82. The van der Waals surface area contributed by atoms with Gasteiger partial charge in [0.05, 0.1) is 0 Å². The first-order valence-electron chi connectivity index (χ1n) is 8.53. The second kappa shape index (κ2) is 6.60. The van der Waals surface area contributed by atoms with Crippen molar-refractivity contribution in [2.45, 2.75) is 24.7 Å². The second-order valence-electron chi connectivity index (χ2n) is 6.64. The normalized spacial score (nSPS) is 22.4. The van der Waals surface area contributed by atoms with Crippen LogP contribution in [0.5, 0.6) is 0 Å². The van der Waals surface area contributed by atoms with Crippen molar-refractivity contribution in [1.82, 2.24) is 0 Å². The third kappa shape index (κ3) is 3.15. The van der Waals surface area contributed by atoms with Gasteiger partial charge >= 0.3 is 156 Å². The van der Waals surface area contributed by atoms with E-state index in [1.807, 2.05) is 37.3 Å². The molecule has 4 heteroatoms. The predicted molar refractivity (Wildman–Crippen MR) is 103 cm³/mol. The van der Waals surface area contributed by atoms with Gasteiger partial charge in [0.2, 0.25) is 0 Å². The summed E-state index contributed by atoms with van der Waals surface area (Å²) in [5.74, 6) is 0.317. The molecular formula is C21H20O2SSe. The van der Waals surface area contributed by atoms with E-state index in [0.717, 1.165) is 22.9 Å². The maximum atomic E-state index is 13.4. The molecule has 0 heterocycles. The fourth-order valence-electron chi connectivity index (χ4n) is 3.54. The average Bonchev–Trinajstić information content (AvgIpc) is 2.63. The number of hydrogen-bond donors (Lipinski definition) is 0. The number of allylic oxidation sites excluding steroid dienone is 4. The standard InChI is InChI=1S/C21H20O2SSe/c1-15-7-13-18(14-8-15)24(22,23)20-16-9-11-17(12-10-16)21(20)25-19-5-3-2-4-6-19/h2-9,11,13-14,16-17H,10,12H2,1H3/t16-,17+/m0/s1. The monoisotopic (exact) mass is 416 g/mol. The Bertz CT molecular complexity index is 941. The Labute approximate surface area is 155 Å². The van der Waals surface area contributed by atoms with Crippen LogP contribution in [-0.4, -0.2) is 23.4 Å². The molecule has 2 aromatic rings. The van der Waals surface area contributed by atoms with Crippen molar-refractivity contribution < 1.29 is 8.42 Å². The van der Waals surface area contributed by atoms with Gasteiger partial charge in [0, 0.05) is 0 Å². The molecule has 0 N–H and O–H groups in total. The zero-order chi connectivity index (χ0) is 17.4. The predicted octanol–water partition coefficient (Wildman–Crippen LogP) is 3.61. The van der Waals surface area contributed by atoms with E-state index in [1.165, 1.54) is 4.46 Å². The summed E-state index contributed by atoms with van der Waals surface area (Å²) in [7, 11) is -3.43. The van der Waals surface area contributed by atoms with Crippen molar-refractivity contribution in [1.29, 1.82) is 0 Å². The molecule has 0 amide bonds. The van der Waals surface area contributed by atoms with Gasteiger partial charge in [-0.2, -0.15) is 0 Å². The van der Waals surface area contributed by atoms with Crippen LogP contribution in [0.4, 0.5) is 0 Å². The van der Waals surface area contributed by atoms with Gasteiger partial charge in [-0.25, -0.2) is 0 Å². The summed E-state index contributed by atoms with van der Waals surface area (Å²) in [5, 5.41) is 0. The Hall–Kier alpha value is -1.61. The van der Waals surface area contributed by atoms with E-state index >= 15 is 0 Å². The van der Waals surface area contributed by atoms with Crippen LogP contribution < -0.4 is 4.46 Å². The van der Waals surface area contributed by atoms with Crippen LogP contribution in [0.3, 0.4) is 0 Å². The fraction of sp³-hybridized carbons (Fsp3) is 0.238. The summed E-state index contributed by atoms with van der Waals surface area (Å²) in [6.07, 6.45) is 6.34. The van der Waals surface area contributed by atoms with Crippen molar-refractivity contribution in [2.75, 3.05) is 0 Å². The van der Waals surface area contributed by atoms with E-state index in [-0.39, 0.29) is 26.8 Å². The third-order valence-corrected chi connectivity index (χ3v) is 9.78. The van der Waals surface area contributed by atoms with Gasteiger partial charge in [-0.1, -0.05) is 0 Å². The summed E-state index contributed by atoms with van der Waals surface area (Å²) >= 11 is 0.0441. The van der Waals surface area contributed by atoms with E-state index in [9.17, 15) is 8.42 Å². The molecule has 0 fully saturated rings. The topological polar surface area (TPSA) is 34.1 Å². The average molecular weight is 415 g/mol. The molecule has 3 aliphatic rings. The van der Waals surface area contributed by atoms with Gasteiger partial charge in [-0.3, -0.25) is 0 Å². The van der Waals surface area contributed by atoms with Gasteiger partial charge in [0.25, 0.3) is 0 Å². The minimum absolute atomic E-state index is 0.0388. The molecule has 5 rings (SSSR count). The van der Waals surface area contributed by atoms with Crippen molar-refractivity contribution in [2.24, 2.45) is 11.8 Å². The van der Waals surface area contributed by atoms with Crippen LogP contribution in [0.15, 0.2) is 81.0 Å². The first-order chi connectivity index (χ1) is 12.1. The van der Waals surface area contributed by atoms with E-state index in [0.29, 0.717) is 9.80 Å². The molecule has 0 saturated carbocycles. The molecule has 128 valence electrons. The number of sulfone groups is 1. The summed E-state index contributed by atoms with van der Waals surface area (Å²) < 4.78 is 29.2. The van der Waals surface area contributed by atoms with Gasteiger partial charge in [-0.05, 0) is 0 Å². The second-order valence-corrected chi connectivity index (χ2v) is 10.9. The number of benzene rings is 2. The fourth-order valence-corrected chi connectivity index (χ4v) is 8.61. The molecule has 2 aromatic carbocycles. The first-order valence-corrected chi connectivity index (χ1v) is 11.7. The molecule has 2 atom stereocenters. The third-order valence-electron chi connectivity index (χ3n) is 4.87. The molecule has 0 unspecified atom stereocenters. The summed E-state index contributed by atoms with van der Waals surface area (Å²) in [5.41, 5.74) is 1.08. The molecule has 0 spiro atoms. The number of rotatable bonds is 4. The van der Waals surface area contributed by atoms with Crippen LogP contribution in [0.25, 0.3) is 0 Å². The van der Waals surface area contributed by atoms with Crippen LogP contribution in [-0.2, 0) is 9.84 Å². The zero-order valence-corrected chi connectivity index (χ0v) is 16.6. The summed E-state index contributed by atoms with van der Waals surface area (Å²) in [4.78, 5) is 1.11. The molecule has 0 aliphatic heterocycles.